The third-order valence-electron chi connectivity index (χ3n) is 4.23. The highest BCUT2D eigenvalue weighted by Gasteiger charge is 2.49. The minimum absolute atomic E-state index is 0.288. The van der Waals surface area contributed by atoms with Crippen LogP contribution in [-0.4, -0.2) is 11.1 Å². The molecule has 0 saturated carbocycles. The Hall–Kier alpha value is -2.39. The number of esters is 1. The summed E-state index contributed by atoms with van der Waals surface area (Å²) in [6.45, 7) is 8.59. The smallest absolute Gasteiger partial charge is 0.334 e. The SMILES string of the molecule is C=C(C)C(=O)OC(C)(c1ccccc1)C(C)(O)c1ccccc1. The minimum atomic E-state index is -1.42. The minimum Gasteiger partial charge on any atom is -0.448 e. The molecule has 1 N–H and O–H groups in total. The van der Waals surface area contributed by atoms with Gasteiger partial charge in [-0.1, -0.05) is 67.2 Å². The summed E-state index contributed by atoms with van der Waals surface area (Å²) in [7, 11) is 0. The number of ether oxygens (including phenoxy) is 1. The molecule has 0 fully saturated rings. The Morgan fingerprint density at radius 3 is 1.83 bits per heavy atom. The van der Waals surface area contributed by atoms with Gasteiger partial charge in [0.2, 0.25) is 0 Å². The van der Waals surface area contributed by atoms with Gasteiger partial charge in [-0.3, -0.25) is 0 Å². The Bertz CT molecular complexity index is 689. The van der Waals surface area contributed by atoms with E-state index in [1.165, 1.54) is 0 Å². The monoisotopic (exact) mass is 310 g/mol. The van der Waals surface area contributed by atoms with Gasteiger partial charge in [-0.25, -0.2) is 4.79 Å². The molecule has 0 amide bonds. The van der Waals surface area contributed by atoms with Crippen molar-refractivity contribution in [2.45, 2.75) is 32.0 Å². The fourth-order valence-corrected chi connectivity index (χ4v) is 2.51. The van der Waals surface area contributed by atoms with Crippen LogP contribution in [0.2, 0.25) is 0 Å². The van der Waals surface area contributed by atoms with Gasteiger partial charge >= 0.3 is 5.97 Å². The fraction of sp³-hybridized carbons (Fsp3) is 0.250. The van der Waals surface area contributed by atoms with Crippen LogP contribution in [0.5, 0.6) is 0 Å². The van der Waals surface area contributed by atoms with Crippen LogP contribution < -0.4 is 0 Å². The predicted molar refractivity (Wildman–Crippen MR) is 90.7 cm³/mol. The molecule has 0 aliphatic heterocycles. The molecule has 0 heterocycles. The molecule has 3 heteroatoms. The summed E-state index contributed by atoms with van der Waals surface area (Å²) in [5.74, 6) is -0.535. The largest absolute Gasteiger partial charge is 0.448 e. The molecule has 23 heavy (non-hydrogen) atoms. The summed E-state index contributed by atoms with van der Waals surface area (Å²) in [6, 6.07) is 18.4. The number of hydrogen-bond donors (Lipinski definition) is 1. The molecule has 0 aliphatic carbocycles. The number of aliphatic hydroxyl groups is 1. The van der Waals surface area contributed by atoms with E-state index in [-0.39, 0.29) is 5.57 Å². The highest BCUT2D eigenvalue weighted by molar-refractivity contribution is 5.87. The second-order valence-electron chi connectivity index (χ2n) is 6.01. The molecular weight excluding hydrogens is 288 g/mol. The zero-order valence-corrected chi connectivity index (χ0v) is 13.7. The average molecular weight is 310 g/mol. The number of carbonyl (C=O) groups excluding carboxylic acids is 1. The van der Waals surface area contributed by atoms with E-state index in [0.717, 1.165) is 0 Å². The average Bonchev–Trinajstić information content (AvgIpc) is 2.56. The number of carbonyl (C=O) groups is 1. The van der Waals surface area contributed by atoms with Crippen molar-refractivity contribution in [1.29, 1.82) is 0 Å². The van der Waals surface area contributed by atoms with Crippen LogP contribution >= 0.6 is 0 Å². The maximum Gasteiger partial charge on any atom is 0.334 e. The van der Waals surface area contributed by atoms with Crippen molar-refractivity contribution < 1.29 is 14.6 Å². The number of benzene rings is 2. The van der Waals surface area contributed by atoms with Gasteiger partial charge in [0.1, 0.15) is 5.60 Å². The van der Waals surface area contributed by atoms with Gasteiger partial charge in [0.15, 0.2) is 5.60 Å². The number of rotatable bonds is 5. The lowest BCUT2D eigenvalue weighted by Crippen LogP contribution is -2.48. The molecule has 0 aliphatic rings. The predicted octanol–water partition coefficient (Wildman–Crippen LogP) is 3.93. The van der Waals surface area contributed by atoms with Gasteiger partial charge in [-0.15, -0.1) is 0 Å². The third-order valence-corrected chi connectivity index (χ3v) is 4.23. The summed E-state index contributed by atoms with van der Waals surface area (Å²) < 4.78 is 5.72. The van der Waals surface area contributed by atoms with Gasteiger partial charge in [0.25, 0.3) is 0 Å². The van der Waals surface area contributed by atoms with E-state index < -0.39 is 17.2 Å². The van der Waals surface area contributed by atoms with Crippen molar-refractivity contribution in [2.75, 3.05) is 0 Å². The molecule has 0 aromatic heterocycles. The molecule has 2 unspecified atom stereocenters. The van der Waals surface area contributed by atoms with E-state index in [1.807, 2.05) is 60.7 Å². The maximum atomic E-state index is 12.2. The molecule has 0 bridgehead atoms. The summed E-state index contributed by atoms with van der Waals surface area (Å²) in [5.41, 5.74) is -1.01. The van der Waals surface area contributed by atoms with Crippen molar-refractivity contribution in [3.63, 3.8) is 0 Å². The van der Waals surface area contributed by atoms with Crippen LogP contribution in [0.15, 0.2) is 72.8 Å². The van der Waals surface area contributed by atoms with E-state index in [4.69, 9.17) is 4.74 Å². The molecule has 3 nitrogen and oxygen atoms in total. The van der Waals surface area contributed by atoms with Crippen molar-refractivity contribution >= 4 is 5.97 Å². The van der Waals surface area contributed by atoms with Crippen LogP contribution in [0.25, 0.3) is 0 Å². The maximum absolute atomic E-state index is 12.2. The Kier molecular flexibility index (Phi) is 4.71. The van der Waals surface area contributed by atoms with Crippen molar-refractivity contribution in [2.24, 2.45) is 0 Å². The van der Waals surface area contributed by atoms with Crippen LogP contribution in [-0.2, 0) is 20.7 Å². The summed E-state index contributed by atoms with van der Waals surface area (Å²) in [4.78, 5) is 12.2. The van der Waals surface area contributed by atoms with E-state index in [9.17, 15) is 9.90 Å². The number of hydrogen-bond acceptors (Lipinski definition) is 3. The quantitative estimate of drug-likeness (QED) is 0.672. The Morgan fingerprint density at radius 2 is 1.39 bits per heavy atom. The molecule has 0 saturated heterocycles. The van der Waals surface area contributed by atoms with Crippen LogP contribution in [0, 0.1) is 0 Å². The second kappa shape index (κ2) is 6.39. The molecule has 2 aromatic rings. The lowest BCUT2D eigenvalue weighted by Gasteiger charge is -2.42. The Balaban J connectivity index is 2.58. The van der Waals surface area contributed by atoms with Crippen LogP contribution in [0.3, 0.4) is 0 Å². The van der Waals surface area contributed by atoms with E-state index in [2.05, 4.69) is 6.58 Å². The summed E-state index contributed by atoms with van der Waals surface area (Å²) >= 11 is 0. The molecule has 2 aromatic carbocycles. The lowest BCUT2D eigenvalue weighted by atomic mass is 9.75. The first-order valence-corrected chi connectivity index (χ1v) is 7.51. The lowest BCUT2D eigenvalue weighted by molar-refractivity contribution is -0.191. The molecule has 2 atom stereocenters. The molecule has 2 rings (SSSR count). The second-order valence-corrected chi connectivity index (χ2v) is 6.01. The summed E-state index contributed by atoms with van der Waals surface area (Å²) in [5, 5.41) is 11.3. The zero-order valence-electron chi connectivity index (χ0n) is 13.7. The topological polar surface area (TPSA) is 46.5 Å². The first-order chi connectivity index (χ1) is 10.8. The normalized spacial score (nSPS) is 16.0. The highest BCUT2D eigenvalue weighted by Crippen LogP contribution is 2.43. The van der Waals surface area contributed by atoms with E-state index in [1.54, 1.807) is 20.8 Å². The molecule has 0 radical (unpaired) electrons. The van der Waals surface area contributed by atoms with Crippen LogP contribution in [0.1, 0.15) is 31.9 Å². The van der Waals surface area contributed by atoms with Crippen molar-refractivity contribution in [3.05, 3.63) is 83.9 Å². The fourth-order valence-electron chi connectivity index (χ4n) is 2.51. The first-order valence-electron chi connectivity index (χ1n) is 7.51. The van der Waals surface area contributed by atoms with Gasteiger partial charge in [0, 0.05) is 5.57 Å². The summed E-state index contributed by atoms with van der Waals surface area (Å²) in [6.07, 6.45) is 0. The standard InChI is InChI=1S/C20H22O3/c1-15(2)18(21)23-20(4,17-13-9-6-10-14-17)19(3,22)16-11-7-5-8-12-16/h5-14,22H,1H2,2-4H3. The van der Waals surface area contributed by atoms with Crippen molar-refractivity contribution in [1.82, 2.24) is 0 Å². The van der Waals surface area contributed by atoms with Crippen LogP contribution in [0.4, 0.5) is 0 Å². The first kappa shape index (κ1) is 17.0. The van der Waals surface area contributed by atoms with E-state index >= 15 is 0 Å². The third kappa shape index (κ3) is 3.20. The van der Waals surface area contributed by atoms with Crippen molar-refractivity contribution in [3.8, 4) is 0 Å². The molecular formula is C20H22O3. The van der Waals surface area contributed by atoms with Gasteiger partial charge in [-0.2, -0.15) is 0 Å². The Labute approximate surface area is 137 Å². The Morgan fingerprint density at radius 1 is 0.957 bits per heavy atom. The molecule has 120 valence electrons. The molecule has 0 spiro atoms. The van der Waals surface area contributed by atoms with Gasteiger partial charge in [0.05, 0.1) is 0 Å². The van der Waals surface area contributed by atoms with Gasteiger partial charge < -0.3 is 9.84 Å². The van der Waals surface area contributed by atoms with Gasteiger partial charge in [-0.05, 0) is 31.9 Å². The zero-order chi connectivity index (χ0) is 17.1. The van der Waals surface area contributed by atoms with E-state index in [0.29, 0.717) is 11.1 Å². The highest BCUT2D eigenvalue weighted by atomic mass is 16.6.